The summed E-state index contributed by atoms with van der Waals surface area (Å²) in [5.74, 6) is -1.03. The van der Waals surface area contributed by atoms with Crippen LogP contribution in [0.2, 0.25) is 0 Å². The number of aliphatic hydroxyl groups is 1. The summed E-state index contributed by atoms with van der Waals surface area (Å²) in [6.07, 6.45) is 1.43. The number of halogens is 1. The molecule has 1 fully saturated rings. The van der Waals surface area contributed by atoms with Crippen molar-refractivity contribution < 1.29 is 19.1 Å². The number of aliphatic hydroxyl groups excluding tert-OH is 1. The predicted molar refractivity (Wildman–Crippen MR) is 88.1 cm³/mol. The third kappa shape index (κ3) is 3.53. The van der Waals surface area contributed by atoms with Gasteiger partial charge >= 0.3 is 0 Å². The summed E-state index contributed by atoms with van der Waals surface area (Å²) in [6.45, 7) is 1.94. The Morgan fingerprint density at radius 2 is 2.08 bits per heavy atom. The van der Waals surface area contributed by atoms with Crippen LogP contribution in [0.4, 0.5) is 4.39 Å². The van der Waals surface area contributed by atoms with Crippen LogP contribution in [0.5, 0.6) is 0 Å². The second-order valence-electron chi connectivity index (χ2n) is 6.13. The van der Waals surface area contributed by atoms with Crippen molar-refractivity contribution in [2.75, 3.05) is 19.7 Å². The summed E-state index contributed by atoms with van der Waals surface area (Å²) >= 11 is 0. The molecule has 1 aromatic heterocycles. The van der Waals surface area contributed by atoms with Gasteiger partial charge in [-0.1, -0.05) is 0 Å². The second-order valence-corrected chi connectivity index (χ2v) is 6.13. The SMILES string of the molecule is CC(=O)N[C@@H]1CN(C(=O)c2cn[nH]c2-c2ccc(F)cc2)C[C@H]1CO. The average molecular weight is 346 g/mol. The molecule has 1 aliphatic rings. The van der Waals surface area contributed by atoms with Crippen LogP contribution in [0.15, 0.2) is 30.5 Å². The van der Waals surface area contributed by atoms with Gasteiger partial charge in [-0.25, -0.2) is 4.39 Å². The maximum atomic E-state index is 13.1. The number of nitrogens with zero attached hydrogens (tertiary/aromatic N) is 2. The van der Waals surface area contributed by atoms with Crippen LogP contribution in [0.25, 0.3) is 11.3 Å². The number of likely N-dealkylation sites (tertiary alicyclic amines) is 1. The Kier molecular flexibility index (Phi) is 4.80. The van der Waals surface area contributed by atoms with Gasteiger partial charge in [0.1, 0.15) is 5.82 Å². The Balaban J connectivity index is 1.81. The molecule has 2 heterocycles. The van der Waals surface area contributed by atoms with Gasteiger partial charge in [0.25, 0.3) is 5.91 Å². The van der Waals surface area contributed by atoms with E-state index in [1.807, 2.05) is 0 Å². The zero-order valence-corrected chi connectivity index (χ0v) is 13.7. The molecule has 0 spiro atoms. The van der Waals surface area contributed by atoms with Gasteiger partial charge in [-0.05, 0) is 24.3 Å². The van der Waals surface area contributed by atoms with Crippen molar-refractivity contribution in [2.24, 2.45) is 5.92 Å². The molecular formula is C17H19FN4O3. The number of H-pyrrole nitrogens is 1. The first-order valence-corrected chi connectivity index (χ1v) is 7.96. The molecule has 132 valence electrons. The number of aromatic amines is 1. The highest BCUT2D eigenvalue weighted by atomic mass is 19.1. The van der Waals surface area contributed by atoms with Crippen LogP contribution in [0, 0.1) is 11.7 Å². The van der Waals surface area contributed by atoms with Crippen LogP contribution in [0.3, 0.4) is 0 Å². The number of nitrogens with one attached hydrogen (secondary N) is 2. The minimum Gasteiger partial charge on any atom is -0.396 e. The van der Waals surface area contributed by atoms with E-state index in [9.17, 15) is 19.1 Å². The van der Waals surface area contributed by atoms with Gasteiger partial charge in [0.2, 0.25) is 5.91 Å². The first kappa shape index (κ1) is 17.1. The Labute approximate surface area is 143 Å². The molecule has 0 radical (unpaired) electrons. The average Bonchev–Trinajstić information content (AvgIpc) is 3.21. The van der Waals surface area contributed by atoms with E-state index in [4.69, 9.17) is 0 Å². The van der Waals surface area contributed by atoms with Gasteiger partial charge in [-0.15, -0.1) is 0 Å². The number of hydrogen-bond donors (Lipinski definition) is 3. The Morgan fingerprint density at radius 3 is 2.72 bits per heavy atom. The van der Waals surface area contributed by atoms with Gasteiger partial charge in [-0.3, -0.25) is 14.7 Å². The van der Waals surface area contributed by atoms with Crippen molar-refractivity contribution in [2.45, 2.75) is 13.0 Å². The van der Waals surface area contributed by atoms with Crippen LogP contribution >= 0.6 is 0 Å². The highest BCUT2D eigenvalue weighted by Crippen LogP contribution is 2.25. The topological polar surface area (TPSA) is 98.3 Å². The lowest BCUT2D eigenvalue weighted by atomic mass is 10.1. The molecular weight excluding hydrogens is 327 g/mol. The van der Waals surface area contributed by atoms with Gasteiger partial charge in [-0.2, -0.15) is 5.10 Å². The molecule has 1 aliphatic heterocycles. The maximum absolute atomic E-state index is 13.1. The highest BCUT2D eigenvalue weighted by molar-refractivity contribution is 6.00. The number of carbonyl (C=O) groups is 2. The Morgan fingerprint density at radius 1 is 1.36 bits per heavy atom. The Bertz CT molecular complexity index is 774. The number of hydrogen-bond acceptors (Lipinski definition) is 4. The van der Waals surface area contributed by atoms with E-state index in [1.54, 1.807) is 17.0 Å². The van der Waals surface area contributed by atoms with E-state index in [2.05, 4.69) is 15.5 Å². The number of amides is 2. The molecule has 0 saturated carbocycles. The first-order valence-electron chi connectivity index (χ1n) is 7.96. The van der Waals surface area contributed by atoms with Crippen LogP contribution in [0.1, 0.15) is 17.3 Å². The molecule has 25 heavy (non-hydrogen) atoms. The largest absolute Gasteiger partial charge is 0.396 e. The summed E-state index contributed by atoms with van der Waals surface area (Å²) < 4.78 is 13.1. The minimum atomic E-state index is -0.361. The lowest BCUT2D eigenvalue weighted by Gasteiger charge is -2.17. The number of rotatable bonds is 4. The smallest absolute Gasteiger partial charge is 0.257 e. The van der Waals surface area contributed by atoms with Crippen LogP contribution < -0.4 is 5.32 Å². The first-order chi connectivity index (χ1) is 12.0. The molecule has 1 aromatic carbocycles. The number of benzene rings is 1. The van der Waals surface area contributed by atoms with Gasteiger partial charge < -0.3 is 15.3 Å². The zero-order chi connectivity index (χ0) is 18.0. The third-order valence-electron chi connectivity index (χ3n) is 4.35. The molecule has 7 nitrogen and oxygen atoms in total. The van der Waals surface area contributed by atoms with Crippen molar-refractivity contribution in [1.29, 1.82) is 0 Å². The maximum Gasteiger partial charge on any atom is 0.257 e. The van der Waals surface area contributed by atoms with Crippen LogP contribution in [-0.2, 0) is 4.79 Å². The molecule has 3 N–H and O–H groups in total. The molecule has 0 bridgehead atoms. The molecule has 2 atom stereocenters. The zero-order valence-electron chi connectivity index (χ0n) is 13.7. The highest BCUT2D eigenvalue weighted by Gasteiger charge is 2.36. The monoisotopic (exact) mass is 346 g/mol. The lowest BCUT2D eigenvalue weighted by molar-refractivity contribution is -0.119. The van der Waals surface area contributed by atoms with Crippen molar-refractivity contribution in [3.05, 3.63) is 41.8 Å². The summed E-state index contributed by atoms with van der Waals surface area (Å²) in [4.78, 5) is 25.7. The van der Waals surface area contributed by atoms with E-state index in [0.717, 1.165) is 0 Å². The summed E-state index contributed by atoms with van der Waals surface area (Å²) in [5, 5.41) is 19.0. The lowest BCUT2D eigenvalue weighted by Crippen LogP contribution is -2.40. The molecule has 2 aromatic rings. The minimum absolute atomic E-state index is 0.120. The van der Waals surface area contributed by atoms with Crippen molar-refractivity contribution >= 4 is 11.8 Å². The normalized spacial score (nSPS) is 19.9. The fourth-order valence-electron chi connectivity index (χ4n) is 3.10. The summed E-state index contributed by atoms with van der Waals surface area (Å²) in [5.41, 5.74) is 1.53. The van der Waals surface area contributed by atoms with Gasteiger partial charge in [0.15, 0.2) is 0 Å². The van der Waals surface area contributed by atoms with E-state index < -0.39 is 0 Å². The van der Waals surface area contributed by atoms with Crippen LogP contribution in [-0.4, -0.2) is 57.8 Å². The molecule has 3 rings (SSSR count). The molecule has 0 aliphatic carbocycles. The number of aromatic nitrogens is 2. The van der Waals surface area contributed by atoms with Crippen molar-refractivity contribution in [1.82, 2.24) is 20.4 Å². The number of carbonyl (C=O) groups excluding carboxylic acids is 2. The van der Waals surface area contributed by atoms with E-state index >= 15 is 0 Å². The molecule has 1 saturated heterocycles. The molecule has 2 amide bonds. The van der Waals surface area contributed by atoms with E-state index in [-0.39, 0.29) is 36.2 Å². The molecule has 0 unspecified atom stereocenters. The van der Waals surface area contributed by atoms with Gasteiger partial charge in [0, 0.05) is 38.1 Å². The van der Waals surface area contributed by atoms with Gasteiger partial charge in [0.05, 0.1) is 23.5 Å². The fraction of sp³-hybridized carbons (Fsp3) is 0.353. The quantitative estimate of drug-likeness (QED) is 0.762. The standard InChI is InChI=1S/C17H19FN4O3/c1-10(24)20-15-8-22(7-12(15)9-23)17(25)14-6-19-21-16(14)11-2-4-13(18)5-3-11/h2-6,12,15,23H,7-9H2,1H3,(H,19,21)(H,20,24)/t12-,15+/m0/s1. The predicted octanol–water partition coefficient (Wildman–Crippen LogP) is 0.785. The Hall–Kier alpha value is -2.74. The van der Waals surface area contributed by atoms with E-state index in [1.165, 1.54) is 25.3 Å². The fourth-order valence-corrected chi connectivity index (χ4v) is 3.10. The van der Waals surface area contributed by atoms with E-state index in [0.29, 0.717) is 29.9 Å². The molecule has 8 heteroatoms. The third-order valence-corrected chi connectivity index (χ3v) is 4.35. The summed E-state index contributed by atoms with van der Waals surface area (Å²) in [7, 11) is 0. The second kappa shape index (κ2) is 7.02. The van der Waals surface area contributed by atoms with Crippen molar-refractivity contribution in [3.63, 3.8) is 0 Å². The summed E-state index contributed by atoms with van der Waals surface area (Å²) in [6, 6.07) is 5.48. The van der Waals surface area contributed by atoms with Crippen molar-refractivity contribution in [3.8, 4) is 11.3 Å².